The standard InChI is InChI=1S/C15H19N3O2S.ClH/c1-9-14(19)17-12-6-11(2-3-13(12)21-9)15(20)18-5-4-10(7-16)8-18;/h2-3,6,9-10H,4-5,7-8,16H2,1H3,(H,17,19);1H. The molecular weight excluding hydrogens is 322 g/mol. The van der Waals surface area contributed by atoms with Gasteiger partial charge in [0.2, 0.25) is 5.91 Å². The minimum atomic E-state index is -0.0945. The number of halogens is 1. The Balaban J connectivity index is 0.00000176. The number of anilines is 1. The number of carbonyl (C=O) groups is 2. The van der Waals surface area contributed by atoms with E-state index in [0.29, 0.717) is 18.0 Å². The first-order valence-corrected chi connectivity index (χ1v) is 8.07. The van der Waals surface area contributed by atoms with E-state index in [-0.39, 0.29) is 29.5 Å². The Morgan fingerprint density at radius 2 is 2.27 bits per heavy atom. The fraction of sp³-hybridized carbons (Fsp3) is 0.467. The van der Waals surface area contributed by atoms with Crippen molar-refractivity contribution < 1.29 is 9.59 Å². The van der Waals surface area contributed by atoms with Crippen molar-refractivity contribution in [2.75, 3.05) is 25.0 Å². The molecule has 22 heavy (non-hydrogen) atoms. The topological polar surface area (TPSA) is 75.4 Å². The predicted octanol–water partition coefficient (Wildman–Crippen LogP) is 1.96. The monoisotopic (exact) mass is 341 g/mol. The molecule has 2 amide bonds. The van der Waals surface area contributed by atoms with Gasteiger partial charge in [-0.1, -0.05) is 0 Å². The summed E-state index contributed by atoms with van der Waals surface area (Å²) < 4.78 is 0. The summed E-state index contributed by atoms with van der Waals surface area (Å²) in [6.45, 7) is 3.98. The molecule has 120 valence electrons. The Morgan fingerprint density at radius 1 is 1.50 bits per heavy atom. The lowest BCUT2D eigenvalue weighted by molar-refractivity contribution is -0.115. The van der Waals surface area contributed by atoms with Crippen molar-refractivity contribution in [3.05, 3.63) is 23.8 Å². The molecule has 0 bridgehead atoms. The first-order chi connectivity index (χ1) is 10.1. The summed E-state index contributed by atoms with van der Waals surface area (Å²) in [6.07, 6.45) is 0.970. The molecule has 1 fully saturated rings. The van der Waals surface area contributed by atoms with Gasteiger partial charge in [0, 0.05) is 23.5 Å². The average molecular weight is 342 g/mol. The molecule has 0 saturated carbocycles. The Bertz CT molecular complexity index is 596. The van der Waals surface area contributed by atoms with Crippen LogP contribution in [-0.2, 0) is 4.79 Å². The Hall–Kier alpha value is -1.24. The number of amides is 2. The lowest BCUT2D eigenvalue weighted by Crippen LogP contribution is -2.30. The van der Waals surface area contributed by atoms with Crippen LogP contribution in [0.4, 0.5) is 5.69 Å². The van der Waals surface area contributed by atoms with Gasteiger partial charge >= 0.3 is 0 Å². The van der Waals surface area contributed by atoms with Crippen LogP contribution in [0.2, 0.25) is 0 Å². The number of nitrogens with two attached hydrogens (primary N) is 1. The zero-order chi connectivity index (χ0) is 15.0. The van der Waals surface area contributed by atoms with Gasteiger partial charge in [-0.25, -0.2) is 0 Å². The number of hydrogen-bond donors (Lipinski definition) is 2. The molecule has 7 heteroatoms. The predicted molar refractivity (Wildman–Crippen MR) is 90.7 cm³/mol. The van der Waals surface area contributed by atoms with Gasteiger partial charge < -0.3 is 16.0 Å². The van der Waals surface area contributed by atoms with Crippen molar-refractivity contribution in [2.24, 2.45) is 11.7 Å². The van der Waals surface area contributed by atoms with Crippen LogP contribution in [-0.4, -0.2) is 41.6 Å². The fourth-order valence-corrected chi connectivity index (χ4v) is 3.66. The van der Waals surface area contributed by atoms with Crippen molar-refractivity contribution in [3.8, 4) is 0 Å². The van der Waals surface area contributed by atoms with Gasteiger partial charge in [0.05, 0.1) is 10.9 Å². The van der Waals surface area contributed by atoms with Crippen LogP contribution in [0.5, 0.6) is 0 Å². The van der Waals surface area contributed by atoms with Crippen LogP contribution in [0.15, 0.2) is 23.1 Å². The summed E-state index contributed by atoms with van der Waals surface area (Å²) >= 11 is 1.52. The highest BCUT2D eigenvalue weighted by atomic mass is 35.5. The second-order valence-electron chi connectivity index (χ2n) is 5.60. The third-order valence-corrected chi connectivity index (χ3v) is 5.24. The molecule has 2 heterocycles. The third-order valence-electron chi connectivity index (χ3n) is 4.06. The molecule has 2 aliphatic rings. The third kappa shape index (κ3) is 3.24. The zero-order valence-corrected chi connectivity index (χ0v) is 14.0. The van der Waals surface area contributed by atoms with Crippen molar-refractivity contribution in [1.29, 1.82) is 0 Å². The lowest BCUT2D eigenvalue weighted by atomic mass is 10.1. The molecule has 1 saturated heterocycles. The molecular formula is C15H20ClN3O2S. The number of rotatable bonds is 2. The maximum atomic E-state index is 12.5. The van der Waals surface area contributed by atoms with E-state index in [4.69, 9.17) is 5.73 Å². The minimum Gasteiger partial charge on any atom is -0.338 e. The van der Waals surface area contributed by atoms with E-state index in [0.717, 1.165) is 30.1 Å². The summed E-state index contributed by atoms with van der Waals surface area (Å²) in [5, 5.41) is 2.77. The fourth-order valence-electron chi connectivity index (χ4n) is 2.73. The smallest absolute Gasteiger partial charge is 0.253 e. The summed E-state index contributed by atoms with van der Waals surface area (Å²) in [6, 6.07) is 5.54. The highest BCUT2D eigenvalue weighted by Gasteiger charge is 2.28. The molecule has 3 rings (SSSR count). The van der Waals surface area contributed by atoms with Crippen LogP contribution in [0.1, 0.15) is 23.7 Å². The molecule has 1 aromatic rings. The van der Waals surface area contributed by atoms with Gasteiger partial charge in [-0.3, -0.25) is 9.59 Å². The van der Waals surface area contributed by atoms with Gasteiger partial charge in [0.15, 0.2) is 0 Å². The number of thioether (sulfide) groups is 1. The lowest BCUT2D eigenvalue weighted by Gasteiger charge is -2.23. The Labute approximate surface area is 140 Å². The molecule has 0 aromatic heterocycles. The van der Waals surface area contributed by atoms with Crippen LogP contribution < -0.4 is 11.1 Å². The van der Waals surface area contributed by atoms with Crippen LogP contribution >= 0.6 is 24.2 Å². The number of hydrogen-bond acceptors (Lipinski definition) is 4. The molecule has 2 atom stereocenters. The highest BCUT2D eigenvalue weighted by Crippen LogP contribution is 2.36. The van der Waals surface area contributed by atoms with E-state index in [1.807, 2.05) is 24.0 Å². The summed E-state index contributed by atoms with van der Waals surface area (Å²) in [5.41, 5.74) is 7.03. The minimum absolute atomic E-state index is 0. The van der Waals surface area contributed by atoms with Crippen molar-refractivity contribution in [3.63, 3.8) is 0 Å². The average Bonchev–Trinajstić information content (AvgIpc) is 2.96. The summed E-state index contributed by atoms with van der Waals surface area (Å²) in [5.74, 6) is 0.413. The molecule has 5 nitrogen and oxygen atoms in total. The highest BCUT2D eigenvalue weighted by molar-refractivity contribution is 8.00. The van der Waals surface area contributed by atoms with Crippen molar-refractivity contribution in [2.45, 2.75) is 23.5 Å². The van der Waals surface area contributed by atoms with Gasteiger partial charge in [0.25, 0.3) is 5.91 Å². The zero-order valence-electron chi connectivity index (χ0n) is 12.4. The number of carbonyl (C=O) groups excluding carboxylic acids is 2. The maximum absolute atomic E-state index is 12.5. The Kier molecular flexibility index (Phi) is 5.36. The number of benzene rings is 1. The molecule has 2 aliphatic heterocycles. The molecule has 0 aliphatic carbocycles. The van der Waals surface area contributed by atoms with E-state index in [1.54, 1.807) is 6.07 Å². The van der Waals surface area contributed by atoms with Crippen molar-refractivity contribution in [1.82, 2.24) is 4.90 Å². The van der Waals surface area contributed by atoms with Gasteiger partial charge in [-0.05, 0) is 44.0 Å². The molecule has 2 unspecified atom stereocenters. The number of nitrogens with one attached hydrogen (secondary N) is 1. The van der Waals surface area contributed by atoms with Crippen LogP contribution in [0.25, 0.3) is 0 Å². The largest absolute Gasteiger partial charge is 0.338 e. The number of nitrogens with zero attached hydrogens (tertiary/aromatic N) is 1. The number of likely N-dealkylation sites (tertiary alicyclic amines) is 1. The van der Waals surface area contributed by atoms with E-state index in [2.05, 4.69) is 5.32 Å². The van der Waals surface area contributed by atoms with E-state index < -0.39 is 0 Å². The molecule has 1 aromatic carbocycles. The summed E-state index contributed by atoms with van der Waals surface area (Å²) in [4.78, 5) is 27.1. The second kappa shape index (κ2) is 6.89. The van der Waals surface area contributed by atoms with E-state index >= 15 is 0 Å². The van der Waals surface area contributed by atoms with Gasteiger partial charge in [0.1, 0.15) is 0 Å². The van der Waals surface area contributed by atoms with Crippen LogP contribution in [0.3, 0.4) is 0 Å². The SMILES string of the molecule is CC1Sc2ccc(C(=O)N3CCC(CN)C3)cc2NC1=O.Cl. The molecule has 0 spiro atoms. The normalized spacial score (nSPS) is 23.5. The quantitative estimate of drug-likeness (QED) is 0.862. The van der Waals surface area contributed by atoms with Crippen LogP contribution in [0, 0.1) is 5.92 Å². The molecule has 3 N–H and O–H groups in total. The van der Waals surface area contributed by atoms with Gasteiger partial charge in [-0.15, -0.1) is 24.2 Å². The van der Waals surface area contributed by atoms with Gasteiger partial charge in [-0.2, -0.15) is 0 Å². The molecule has 0 radical (unpaired) electrons. The number of fused-ring (bicyclic) bond motifs is 1. The maximum Gasteiger partial charge on any atom is 0.253 e. The van der Waals surface area contributed by atoms with Crippen molar-refractivity contribution >= 4 is 41.7 Å². The first kappa shape index (κ1) is 17.1. The van der Waals surface area contributed by atoms with E-state index in [1.165, 1.54) is 11.8 Å². The first-order valence-electron chi connectivity index (χ1n) is 7.19. The second-order valence-corrected chi connectivity index (χ2v) is 6.98. The van der Waals surface area contributed by atoms with E-state index in [9.17, 15) is 9.59 Å². The summed E-state index contributed by atoms with van der Waals surface area (Å²) in [7, 11) is 0. The Morgan fingerprint density at radius 3 is 2.95 bits per heavy atom.